The van der Waals surface area contributed by atoms with Gasteiger partial charge in [0.05, 0.1) is 11.5 Å². The van der Waals surface area contributed by atoms with Crippen molar-refractivity contribution >= 4 is 21.4 Å². The molecule has 108 valence electrons. The quantitative estimate of drug-likeness (QED) is 0.909. The maximum atomic E-state index is 12.4. The minimum Gasteiger partial charge on any atom is -0.391 e. The molecule has 0 unspecified atom stereocenters. The molecule has 0 aliphatic carbocycles. The van der Waals surface area contributed by atoms with Gasteiger partial charge in [-0.05, 0) is 24.8 Å². The monoisotopic (exact) mass is 303 g/mol. The zero-order chi connectivity index (χ0) is 13.9. The van der Waals surface area contributed by atoms with Crippen LogP contribution in [-0.4, -0.2) is 30.9 Å². The molecule has 1 fully saturated rings. The average molecular weight is 303 g/mol. The Balaban J connectivity index is 2.05. The van der Waals surface area contributed by atoms with Gasteiger partial charge in [0.1, 0.15) is 0 Å². The molecule has 0 aromatic carbocycles. The second kappa shape index (κ2) is 6.35. The van der Waals surface area contributed by atoms with Crippen molar-refractivity contribution in [3.63, 3.8) is 0 Å². The molecule has 6 heteroatoms. The first-order chi connectivity index (χ1) is 9.07. The molecule has 4 nitrogen and oxygen atoms in total. The molecule has 2 rings (SSSR count). The first kappa shape index (κ1) is 15.0. The third-order valence-electron chi connectivity index (χ3n) is 3.69. The van der Waals surface area contributed by atoms with E-state index in [4.69, 9.17) is 5.11 Å². The van der Waals surface area contributed by atoms with Crippen molar-refractivity contribution in [3.8, 4) is 0 Å². The number of thiophene rings is 1. The molecule has 0 spiro atoms. The van der Waals surface area contributed by atoms with Gasteiger partial charge in [-0.3, -0.25) is 0 Å². The van der Waals surface area contributed by atoms with Crippen LogP contribution in [0.3, 0.4) is 0 Å². The molecule has 1 aliphatic rings. The van der Waals surface area contributed by atoms with Crippen LogP contribution >= 0.6 is 11.3 Å². The molecule has 2 heterocycles. The summed E-state index contributed by atoms with van der Waals surface area (Å²) in [5.74, 6) is 0.673. The number of rotatable bonds is 5. The van der Waals surface area contributed by atoms with Crippen molar-refractivity contribution in [2.75, 3.05) is 13.1 Å². The normalized spacial score (nSPS) is 18.8. The van der Waals surface area contributed by atoms with Crippen LogP contribution < -0.4 is 0 Å². The standard InChI is InChI=1S/C13H21NO3S2/c1-2-3-11-4-6-14(7-5-11)19(16,17)13-8-12(9-15)18-10-13/h8,10-11,15H,2-7,9H2,1H3. The number of hydrogen-bond donors (Lipinski definition) is 1. The van der Waals surface area contributed by atoms with Crippen LogP contribution in [0.15, 0.2) is 16.3 Å². The molecule has 1 aromatic heterocycles. The van der Waals surface area contributed by atoms with Crippen LogP contribution in [0, 0.1) is 5.92 Å². The largest absolute Gasteiger partial charge is 0.391 e. The molecule has 19 heavy (non-hydrogen) atoms. The summed E-state index contributed by atoms with van der Waals surface area (Å²) in [6.07, 6.45) is 4.29. The lowest BCUT2D eigenvalue weighted by Crippen LogP contribution is -2.38. The van der Waals surface area contributed by atoms with E-state index in [2.05, 4.69) is 6.92 Å². The maximum absolute atomic E-state index is 12.4. The predicted octanol–water partition coefficient (Wildman–Crippen LogP) is 2.44. The number of aliphatic hydroxyl groups is 1. The summed E-state index contributed by atoms with van der Waals surface area (Å²) in [7, 11) is -3.36. The Kier molecular flexibility index (Phi) is 5.00. The molecule has 1 N–H and O–H groups in total. The highest BCUT2D eigenvalue weighted by Gasteiger charge is 2.29. The minimum atomic E-state index is -3.36. The molecular formula is C13H21NO3S2. The predicted molar refractivity (Wildman–Crippen MR) is 76.6 cm³/mol. The summed E-state index contributed by atoms with van der Waals surface area (Å²) in [5.41, 5.74) is 0. The van der Waals surface area contributed by atoms with Crippen LogP contribution in [0.5, 0.6) is 0 Å². The van der Waals surface area contributed by atoms with Gasteiger partial charge in [0.15, 0.2) is 0 Å². The van der Waals surface area contributed by atoms with E-state index < -0.39 is 10.0 Å². The fraction of sp³-hybridized carbons (Fsp3) is 0.692. The van der Waals surface area contributed by atoms with Gasteiger partial charge < -0.3 is 5.11 Å². The van der Waals surface area contributed by atoms with E-state index in [0.717, 1.165) is 12.8 Å². The summed E-state index contributed by atoms with van der Waals surface area (Å²) in [6, 6.07) is 1.58. The Labute approximate surface area is 119 Å². The van der Waals surface area contributed by atoms with E-state index in [0.29, 0.717) is 28.8 Å². The van der Waals surface area contributed by atoms with E-state index in [1.165, 1.54) is 24.2 Å². The molecular weight excluding hydrogens is 282 g/mol. The van der Waals surface area contributed by atoms with E-state index in [1.807, 2.05) is 0 Å². The summed E-state index contributed by atoms with van der Waals surface area (Å²) in [4.78, 5) is 1.02. The van der Waals surface area contributed by atoms with Crippen molar-refractivity contribution in [2.45, 2.75) is 44.1 Å². The van der Waals surface area contributed by atoms with Crippen molar-refractivity contribution in [1.82, 2.24) is 4.31 Å². The summed E-state index contributed by atoms with van der Waals surface area (Å²) < 4.78 is 26.4. The Morgan fingerprint density at radius 2 is 2.11 bits per heavy atom. The Morgan fingerprint density at radius 3 is 2.63 bits per heavy atom. The van der Waals surface area contributed by atoms with Crippen LogP contribution in [0.1, 0.15) is 37.5 Å². The minimum absolute atomic E-state index is 0.0985. The third-order valence-corrected chi connectivity index (χ3v) is 6.64. The number of aliphatic hydroxyl groups excluding tert-OH is 1. The Hall–Kier alpha value is -0.430. The van der Waals surface area contributed by atoms with Crippen LogP contribution in [-0.2, 0) is 16.6 Å². The van der Waals surface area contributed by atoms with Gasteiger partial charge in [-0.15, -0.1) is 11.3 Å². The molecule has 0 bridgehead atoms. The lowest BCUT2D eigenvalue weighted by atomic mass is 9.94. The molecule has 0 radical (unpaired) electrons. The first-order valence-corrected chi connectivity index (χ1v) is 9.08. The Morgan fingerprint density at radius 1 is 1.42 bits per heavy atom. The molecule has 0 atom stereocenters. The number of sulfonamides is 1. The van der Waals surface area contributed by atoms with Crippen molar-refractivity contribution in [3.05, 3.63) is 16.3 Å². The maximum Gasteiger partial charge on any atom is 0.243 e. The molecule has 1 saturated heterocycles. The van der Waals surface area contributed by atoms with Gasteiger partial charge in [0, 0.05) is 23.3 Å². The van der Waals surface area contributed by atoms with Gasteiger partial charge >= 0.3 is 0 Å². The third kappa shape index (κ3) is 3.37. The lowest BCUT2D eigenvalue weighted by molar-refractivity contribution is 0.262. The highest BCUT2D eigenvalue weighted by molar-refractivity contribution is 7.89. The zero-order valence-electron chi connectivity index (χ0n) is 11.2. The second-order valence-electron chi connectivity index (χ2n) is 5.04. The van der Waals surface area contributed by atoms with Crippen molar-refractivity contribution in [1.29, 1.82) is 0 Å². The van der Waals surface area contributed by atoms with Crippen LogP contribution in [0.4, 0.5) is 0 Å². The van der Waals surface area contributed by atoms with Gasteiger partial charge in [-0.2, -0.15) is 4.31 Å². The van der Waals surface area contributed by atoms with E-state index in [-0.39, 0.29) is 6.61 Å². The van der Waals surface area contributed by atoms with Crippen LogP contribution in [0.2, 0.25) is 0 Å². The van der Waals surface area contributed by atoms with E-state index >= 15 is 0 Å². The fourth-order valence-corrected chi connectivity index (χ4v) is 5.17. The summed E-state index contributed by atoms with van der Waals surface area (Å²) in [6.45, 7) is 3.32. The number of hydrogen-bond acceptors (Lipinski definition) is 4. The van der Waals surface area contributed by atoms with Crippen molar-refractivity contribution < 1.29 is 13.5 Å². The highest BCUT2D eigenvalue weighted by atomic mass is 32.2. The topological polar surface area (TPSA) is 57.6 Å². The van der Waals surface area contributed by atoms with Gasteiger partial charge in [-0.25, -0.2) is 8.42 Å². The molecule has 0 saturated carbocycles. The second-order valence-corrected chi connectivity index (χ2v) is 7.98. The molecule has 0 amide bonds. The smallest absolute Gasteiger partial charge is 0.243 e. The van der Waals surface area contributed by atoms with Gasteiger partial charge in [0.25, 0.3) is 0 Å². The molecule has 1 aromatic rings. The summed E-state index contributed by atoms with van der Waals surface area (Å²) >= 11 is 1.29. The summed E-state index contributed by atoms with van der Waals surface area (Å²) in [5, 5.41) is 10.6. The molecule has 1 aliphatic heterocycles. The Bertz CT molecular complexity index is 502. The van der Waals surface area contributed by atoms with E-state index in [1.54, 1.807) is 15.8 Å². The first-order valence-electron chi connectivity index (χ1n) is 6.76. The SMILES string of the molecule is CCCC1CCN(S(=O)(=O)c2csc(CO)c2)CC1. The number of nitrogens with zero attached hydrogens (tertiary/aromatic N) is 1. The highest BCUT2D eigenvalue weighted by Crippen LogP contribution is 2.28. The van der Waals surface area contributed by atoms with Gasteiger partial charge in [-0.1, -0.05) is 19.8 Å². The zero-order valence-corrected chi connectivity index (χ0v) is 12.8. The van der Waals surface area contributed by atoms with Gasteiger partial charge in [0.2, 0.25) is 10.0 Å². The number of piperidine rings is 1. The van der Waals surface area contributed by atoms with Crippen molar-refractivity contribution in [2.24, 2.45) is 5.92 Å². The van der Waals surface area contributed by atoms with Crippen LogP contribution in [0.25, 0.3) is 0 Å². The van der Waals surface area contributed by atoms with E-state index in [9.17, 15) is 8.42 Å². The average Bonchev–Trinajstić information content (AvgIpc) is 2.89. The fourth-order valence-electron chi connectivity index (χ4n) is 2.57. The lowest BCUT2D eigenvalue weighted by Gasteiger charge is -2.30.